The summed E-state index contributed by atoms with van der Waals surface area (Å²) in [5, 5.41) is 0. The quantitative estimate of drug-likeness (QED) is 0.553. The Labute approximate surface area is 170 Å². The molecule has 154 valence electrons. The van der Waals surface area contributed by atoms with Gasteiger partial charge in [0.25, 0.3) is 11.8 Å². The molecule has 0 aromatic heterocycles. The van der Waals surface area contributed by atoms with E-state index < -0.39 is 23.9 Å². The van der Waals surface area contributed by atoms with E-state index in [1.165, 1.54) is 12.5 Å². The number of hydrogen-bond acceptors (Lipinski definition) is 5. The first-order chi connectivity index (χ1) is 13.8. The molecule has 0 fully saturated rings. The number of rotatable bonds is 7. The standard InChI is InChI=1S/C22H26N2O5/c1-14(2)19-11-10-18(12-15(19)3)28-13-20(25)29-16(4)21(26)23-24-22(27)17-8-6-5-7-9-17/h5-12,14,16H,13H2,1-4H3,(H,23,26)(H,24,27)/t16-/m1/s1. The molecule has 0 spiro atoms. The van der Waals surface area contributed by atoms with Crippen LogP contribution in [0.15, 0.2) is 48.5 Å². The van der Waals surface area contributed by atoms with Crippen LogP contribution < -0.4 is 15.6 Å². The van der Waals surface area contributed by atoms with Gasteiger partial charge in [0.15, 0.2) is 12.7 Å². The SMILES string of the molecule is Cc1cc(OCC(=O)O[C@H](C)C(=O)NNC(=O)c2ccccc2)ccc1C(C)C. The van der Waals surface area contributed by atoms with Gasteiger partial charge in [0, 0.05) is 5.56 Å². The summed E-state index contributed by atoms with van der Waals surface area (Å²) < 4.78 is 10.5. The number of carbonyl (C=O) groups is 3. The van der Waals surface area contributed by atoms with Crippen LogP contribution in [-0.4, -0.2) is 30.5 Å². The summed E-state index contributed by atoms with van der Waals surface area (Å²) in [4.78, 5) is 35.8. The van der Waals surface area contributed by atoms with Gasteiger partial charge in [0.1, 0.15) is 5.75 Å². The molecule has 0 aliphatic rings. The van der Waals surface area contributed by atoms with Crippen LogP contribution in [0, 0.1) is 6.92 Å². The third kappa shape index (κ3) is 6.64. The Morgan fingerprint density at radius 1 is 0.966 bits per heavy atom. The Morgan fingerprint density at radius 2 is 1.66 bits per heavy atom. The Balaban J connectivity index is 1.77. The Kier molecular flexibility index (Phi) is 7.77. The lowest BCUT2D eigenvalue weighted by molar-refractivity contribution is -0.156. The fraction of sp³-hybridized carbons (Fsp3) is 0.318. The van der Waals surface area contributed by atoms with E-state index in [0.29, 0.717) is 17.2 Å². The van der Waals surface area contributed by atoms with Gasteiger partial charge in [-0.15, -0.1) is 0 Å². The predicted molar refractivity (Wildman–Crippen MR) is 108 cm³/mol. The second kappa shape index (κ2) is 10.3. The van der Waals surface area contributed by atoms with Crippen LogP contribution in [0.2, 0.25) is 0 Å². The number of aryl methyl sites for hydroxylation is 1. The molecule has 2 aromatic carbocycles. The first-order valence-corrected chi connectivity index (χ1v) is 9.36. The fourth-order valence-corrected chi connectivity index (χ4v) is 2.69. The second-order valence-corrected chi connectivity index (χ2v) is 6.90. The van der Waals surface area contributed by atoms with Crippen LogP contribution in [0.5, 0.6) is 5.75 Å². The summed E-state index contributed by atoms with van der Waals surface area (Å²) >= 11 is 0. The van der Waals surface area contributed by atoms with Crippen molar-refractivity contribution >= 4 is 17.8 Å². The van der Waals surface area contributed by atoms with Gasteiger partial charge in [-0.05, 0) is 55.2 Å². The summed E-state index contributed by atoms with van der Waals surface area (Å²) in [7, 11) is 0. The molecule has 7 nitrogen and oxygen atoms in total. The maximum atomic E-state index is 12.0. The minimum absolute atomic E-state index is 0.325. The molecule has 0 heterocycles. The number of ether oxygens (including phenoxy) is 2. The summed E-state index contributed by atoms with van der Waals surface area (Å²) in [6, 6.07) is 14.0. The molecule has 0 aliphatic carbocycles. The van der Waals surface area contributed by atoms with Gasteiger partial charge in [0.2, 0.25) is 0 Å². The molecule has 0 saturated heterocycles. The van der Waals surface area contributed by atoms with Crippen LogP contribution >= 0.6 is 0 Å². The molecule has 29 heavy (non-hydrogen) atoms. The van der Waals surface area contributed by atoms with E-state index in [-0.39, 0.29) is 6.61 Å². The fourth-order valence-electron chi connectivity index (χ4n) is 2.69. The van der Waals surface area contributed by atoms with Crippen LogP contribution in [0.25, 0.3) is 0 Å². The molecule has 0 bridgehead atoms. The van der Waals surface area contributed by atoms with Gasteiger partial charge in [-0.3, -0.25) is 20.4 Å². The molecule has 0 aliphatic heterocycles. The van der Waals surface area contributed by atoms with Gasteiger partial charge in [0.05, 0.1) is 0 Å². The summed E-state index contributed by atoms with van der Waals surface area (Å²) in [6.07, 6.45) is -1.09. The zero-order chi connectivity index (χ0) is 21.4. The number of amides is 2. The summed E-state index contributed by atoms with van der Waals surface area (Å²) in [6.45, 7) is 7.28. The van der Waals surface area contributed by atoms with Crippen molar-refractivity contribution in [1.29, 1.82) is 0 Å². The molecule has 2 rings (SSSR count). The van der Waals surface area contributed by atoms with Crippen molar-refractivity contribution in [3.63, 3.8) is 0 Å². The number of hydrogen-bond donors (Lipinski definition) is 2. The average Bonchev–Trinajstić information content (AvgIpc) is 2.70. The highest BCUT2D eigenvalue weighted by molar-refractivity contribution is 5.95. The van der Waals surface area contributed by atoms with Gasteiger partial charge < -0.3 is 9.47 Å². The van der Waals surface area contributed by atoms with Crippen molar-refractivity contribution in [2.45, 2.75) is 39.7 Å². The van der Waals surface area contributed by atoms with Crippen LogP contribution in [-0.2, 0) is 14.3 Å². The zero-order valence-electron chi connectivity index (χ0n) is 17.0. The van der Waals surface area contributed by atoms with Gasteiger partial charge >= 0.3 is 5.97 Å². The number of benzene rings is 2. The van der Waals surface area contributed by atoms with E-state index in [9.17, 15) is 14.4 Å². The smallest absolute Gasteiger partial charge is 0.344 e. The first kappa shape index (κ1) is 21.9. The third-order valence-electron chi connectivity index (χ3n) is 4.23. The van der Waals surface area contributed by atoms with Crippen molar-refractivity contribution in [3.05, 3.63) is 65.2 Å². The highest BCUT2D eigenvalue weighted by Crippen LogP contribution is 2.23. The Hall–Kier alpha value is -3.35. The average molecular weight is 398 g/mol. The Morgan fingerprint density at radius 3 is 2.28 bits per heavy atom. The highest BCUT2D eigenvalue weighted by atomic mass is 16.6. The minimum atomic E-state index is -1.09. The normalized spacial score (nSPS) is 11.5. The number of carbonyl (C=O) groups excluding carboxylic acids is 3. The Bertz CT molecular complexity index is 865. The molecule has 1 atom stereocenters. The number of nitrogens with one attached hydrogen (secondary N) is 2. The molecule has 0 radical (unpaired) electrons. The predicted octanol–water partition coefficient (Wildman–Crippen LogP) is 2.89. The van der Waals surface area contributed by atoms with Crippen molar-refractivity contribution in [2.24, 2.45) is 0 Å². The highest BCUT2D eigenvalue weighted by Gasteiger charge is 2.19. The van der Waals surface area contributed by atoms with E-state index in [1.54, 1.807) is 36.4 Å². The first-order valence-electron chi connectivity index (χ1n) is 9.36. The van der Waals surface area contributed by atoms with Gasteiger partial charge in [-0.1, -0.05) is 38.1 Å². The van der Waals surface area contributed by atoms with Gasteiger partial charge in [-0.2, -0.15) is 0 Å². The van der Waals surface area contributed by atoms with E-state index in [4.69, 9.17) is 9.47 Å². The number of hydrazine groups is 1. The van der Waals surface area contributed by atoms with Crippen LogP contribution in [0.4, 0.5) is 0 Å². The molecule has 2 N–H and O–H groups in total. The molecule has 2 aromatic rings. The molecular formula is C22H26N2O5. The largest absolute Gasteiger partial charge is 0.482 e. The van der Waals surface area contributed by atoms with E-state index in [0.717, 1.165) is 5.56 Å². The topological polar surface area (TPSA) is 93.7 Å². The lowest BCUT2D eigenvalue weighted by atomic mass is 9.98. The number of esters is 1. The summed E-state index contributed by atoms with van der Waals surface area (Å²) in [5.41, 5.74) is 7.18. The minimum Gasteiger partial charge on any atom is -0.482 e. The summed E-state index contributed by atoms with van der Waals surface area (Å²) in [5.74, 6) is -0.861. The van der Waals surface area contributed by atoms with E-state index in [1.807, 2.05) is 19.1 Å². The van der Waals surface area contributed by atoms with Crippen molar-refractivity contribution < 1.29 is 23.9 Å². The van der Waals surface area contributed by atoms with Gasteiger partial charge in [-0.25, -0.2) is 4.79 Å². The maximum Gasteiger partial charge on any atom is 0.344 e. The zero-order valence-corrected chi connectivity index (χ0v) is 17.0. The van der Waals surface area contributed by atoms with Crippen molar-refractivity contribution in [2.75, 3.05) is 6.61 Å². The lowest BCUT2D eigenvalue weighted by Gasteiger charge is -2.15. The van der Waals surface area contributed by atoms with Crippen LogP contribution in [0.1, 0.15) is 48.2 Å². The molecule has 0 unspecified atom stereocenters. The van der Waals surface area contributed by atoms with E-state index in [2.05, 4.69) is 24.7 Å². The molecule has 0 saturated carbocycles. The molecular weight excluding hydrogens is 372 g/mol. The maximum absolute atomic E-state index is 12.0. The molecule has 2 amide bonds. The van der Waals surface area contributed by atoms with Crippen LogP contribution in [0.3, 0.4) is 0 Å². The lowest BCUT2D eigenvalue weighted by Crippen LogP contribution is -2.47. The molecule has 7 heteroatoms. The van der Waals surface area contributed by atoms with Crippen molar-refractivity contribution in [1.82, 2.24) is 10.9 Å². The monoisotopic (exact) mass is 398 g/mol. The van der Waals surface area contributed by atoms with Crippen molar-refractivity contribution in [3.8, 4) is 5.75 Å². The second-order valence-electron chi connectivity index (χ2n) is 6.90. The third-order valence-corrected chi connectivity index (χ3v) is 4.23. The van der Waals surface area contributed by atoms with E-state index >= 15 is 0 Å².